The SMILES string of the molecule is CCOCCCC(F)(F)CN1CCC(NC(=O)C(C)C)CC1.[HH]. The van der Waals surface area contributed by atoms with Gasteiger partial charge in [-0.05, 0) is 26.2 Å². The van der Waals surface area contributed by atoms with Crippen molar-refractivity contribution in [3.8, 4) is 0 Å². The monoisotopic (exact) mass is 322 g/mol. The number of carbonyl (C=O) groups is 1. The van der Waals surface area contributed by atoms with Crippen LogP contribution in [-0.4, -0.2) is 55.6 Å². The lowest BCUT2D eigenvalue weighted by molar-refractivity contribution is -0.125. The lowest BCUT2D eigenvalue weighted by Crippen LogP contribution is -2.48. The average molecular weight is 322 g/mol. The highest BCUT2D eigenvalue weighted by Crippen LogP contribution is 2.24. The van der Waals surface area contributed by atoms with Crippen LogP contribution >= 0.6 is 0 Å². The summed E-state index contributed by atoms with van der Waals surface area (Å²) in [6.45, 7) is 7.58. The molecule has 0 aromatic carbocycles. The first-order valence-electron chi connectivity index (χ1n) is 8.32. The Kier molecular flexibility index (Phi) is 8.25. The zero-order valence-corrected chi connectivity index (χ0v) is 14.0. The summed E-state index contributed by atoms with van der Waals surface area (Å²) in [4.78, 5) is 13.4. The maximum Gasteiger partial charge on any atom is 0.260 e. The van der Waals surface area contributed by atoms with Crippen molar-refractivity contribution >= 4 is 5.91 Å². The quantitative estimate of drug-likeness (QED) is 0.664. The zero-order chi connectivity index (χ0) is 16.6. The number of nitrogens with one attached hydrogen (secondary N) is 1. The van der Waals surface area contributed by atoms with Crippen molar-refractivity contribution in [2.45, 2.75) is 58.4 Å². The number of piperidine rings is 1. The van der Waals surface area contributed by atoms with E-state index >= 15 is 0 Å². The van der Waals surface area contributed by atoms with Gasteiger partial charge in [-0.2, -0.15) is 0 Å². The van der Waals surface area contributed by atoms with Crippen molar-refractivity contribution in [1.29, 1.82) is 0 Å². The Bertz CT molecular complexity index is 336. The van der Waals surface area contributed by atoms with Crippen LogP contribution < -0.4 is 5.32 Å². The molecule has 0 unspecified atom stereocenters. The Labute approximate surface area is 134 Å². The second-order valence-electron chi connectivity index (χ2n) is 6.37. The third kappa shape index (κ3) is 7.49. The highest BCUT2D eigenvalue weighted by molar-refractivity contribution is 5.78. The van der Waals surface area contributed by atoms with E-state index in [9.17, 15) is 13.6 Å². The van der Waals surface area contributed by atoms with Crippen LogP contribution in [0.1, 0.15) is 47.9 Å². The second-order valence-corrected chi connectivity index (χ2v) is 6.37. The highest BCUT2D eigenvalue weighted by atomic mass is 19.3. The fourth-order valence-electron chi connectivity index (χ4n) is 2.59. The van der Waals surface area contributed by atoms with E-state index in [4.69, 9.17) is 4.74 Å². The third-order valence-corrected chi connectivity index (χ3v) is 3.95. The van der Waals surface area contributed by atoms with Crippen LogP contribution in [0.4, 0.5) is 8.78 Å². The molecule has 0 spiro atoms. The molecule has 22 heavy (non-hydrogen) atoms. The van der Waals surface area contributed by atoms with E-state index in [0.717, 1.165) is 12.8 Å². The minimum atomic E-state index is -2.66. The summed E-state index contributed by atoms with van der Waals surface area (Å²) in [5.41, 5.74) is 0. The molecule has 6 heteroatoms. The smallest absolute Gasteiger partial charge is 0.260 e. The fourth-order valence-corrected chi connectivity index (χ4v) is 2.59. The normalized spacial score (nSPS) is 17.9. The van der Waals surface area contributed by atoms with E-state index < -0.39 is 5.92 Å². The average Bonchev–Trinajstić information content (AvgIpc) is 2.45. The Balaban J connectivity index is 0.00000484. The molecular weight excluding hydrogens is 290 g/mol. The van der Waals surface area contributed by atoms with Gasteiger partial charge in [0.25, 0.3) is 5.92 Å². The summed E-state index contributed by atoms with van der Waals surface area (Å²) in [7, 11) is 0. The van der Waals surface area contributed by atoms with Crippen LogP contribution in [0.25, 0.3) is 0 Å². The van der Waals surface area contributed by atoms with Crippen LogP contribution in [0.3, 0.4) is 0 Å². The molecule has 1 heterocycles. The zero-order valence-electron chi connectivity index (χ0n) is 14.0. The molecule has 1 N–H and O–H groups in total. The number of carbonyl (C=O) groups excluding carboxylic acids is 1. The van der Waals surface area contributed by atoms with Crippen molar-refractivity contribution < 1.29 is 19.7 Å². The molecule has 4 nitrogen and oxygen atoms in total. The number of rotatable bonds is 9. The second kappa shape index (κ2) is 9.40. The lowest BCUT2D eigenvalue weighted by Gasteiger charge is -2.34. The fraction of sp³-hybridized carbons (Fsp3) is 0.938. The Hall–Kier alpha value is -0.750. The molecule has 1 aliphatic heterocycles. The summed E-state index contributed by atoms with van der Waals surface area (Å²) < 4.78 is 32.9. The predicted octanol–water partition coefficient (Wildman–Crippen LogP) is 2.92. The van der Waals surface area contributed by atoms with E-state index in [2.05, 4.69) is 5.32 Å². The summed E-state index contributed by atoms with van der Waals surface area (Å²) in [6.07, 6.45) is 1.75. The van der Waals surface area contributed by atoms with Gasteiger partial charge in [-0.1, -0.05) is 13.8 Å². The van der Waals surface area contributed by atoms with E-state index in [1.807, 2.05) is 20.8 Å². The number of likely N-dealkylation sites (tertiary alicyclic amines) is 1. The van der Waals surface area contributed by atoms with Gasteiger partial charge in [0, 0.05) is 46.1 Å². The van der Waals surface area contributed by atoms with Crippen molar-refractivity contribution in [2.24, 2.45) is 5.92 Å². The minimum Gasteiger partial charge on any atom is -0.382 e. The molecule has 1 aliphatic rings. The van der Waals surface area contributed by atoms with Gasteiger partial charge >= 0.3 is 0 Å². The molecule has 0 aliphatic carbocycles. The molecule has 0 atom stereocenters. The van der Waals surface area contributed by atoms with Crippen LogP contribution in [0.5, 0.6) is 0 Å². The van der Waals surface area contributed by atoms with Crippen LogP contribution in [0.15, 0.2) is 0 Å². The minimum absolute atomic E-state index is 0. The van der Waals surface area contributed by atoms with Crippen molar-refractivity contribution in [1.82, 2.24) is 10.2 Å². The number of alkyl halides is 2. The summed E-state index contributed by atoms with van der Waals surface area (Å²) in [5, 5.41) is 2.98. The maximum absolute atomic E-state index is 13.9. The van der Waals surface area contributed by atoms with Crippen LogP contribution in [0, 0.1) is 5.92 Å². The Morgan fingerprint density at radius 3 is 2.59 bits per heavy atom. The van der Waals surface area contributed by atoms with E-state index in [1.54, 1.807) is 4.90 Å². The number of amides is 1. The molecule has 0 aromatic heterocycles. The van der Waals surface area contributed by atoms with E-state index in [0.29, 0.717) is 32.7 Å². The molecule has 1 amide bonds. The van der Waals surface area contributed by atoms with Crippen molar-refractivity contribution in [3.63, 3.8) is 0 Å². The molecular formula is C16H32F2N2O2. The van der Waals surface area contributed by atoms with Crippen LogP contribution in [-0.2, 0) is 9.53 Å². The first kappa shape index (κ1) is 19.3. The van der Waals surface area contributed by atoms with Gasteiger partial charge < -0.3 is 10.1 Å². The van der Waals surface area contributed by atoms with Gasteiger partial charge in [-0.15, -0.1) is 0 Å². The number of ether oxygens (including phenoxy) is 1. The predicted molar refractivity (Wildman–Crippen MR) is 85.2 cm³/mol. The van der Waals surface area contributed by atoms with Crippen LogP contribution in [0.2, 0.25) is 0 Å². The Morgan fingerprint density at radius 1 is 1.41 bits per heavy atom. The van der Waals surface area contributed by atoms with Gasteiger partial charge in [-0.25, -0.2) is 8.78 Å². The van der Waals surface area contributed by atoms with Gasteiger partial charge in [-0.3, -0.25) is 9.69 Å². The first-order chi connectivity index (χ1) is 10.3. The van der Waals surface area contributed by atoms with Gasteiger partial charge in [0.2, 0.25) is 5.91 Å². The van der Waals surface area contributed by atoms with E-state index in [1.165, 1.54) is 0 Å². The van der Waals surface area contributed by atoms with Crippen molar-refractivity contribution in [2.75, 3.05) is 32.8 Å². The highest BCUT2D eigenvalue weighted by Gasteiger charge is 2.33. The number of halogens is 2. The molecule has 132 valence electrons. The molecule has 1 saturated heterocycles. The van der Waals surface area contributed by atoms with Gasteiger partial charge in [0.1, 0.15) is 0 Å². The summed E-state index contributed by atoms with van der Waals surface area (Å²) >= 11 is 0. The topological polar surface area (TPSA) is 41.6 Å². The Morgan fingerprint density at radius 2 is 2.05 bits per heavy atom. The largest absolute Gasteiger partial charge is 0.382 e. The molecule has 1 rings (SSSR count). The van der Waals surface area contributed by atoms with Crippen molar-refractivity contribution in [3.05, 3.63) is 0 Å². The van der Waals surface area contributed by atoms with E-state index in [-0.39, 0.29) is 32.3 Å². The molecule has 0 saturated carbocycles. The standard InChI is InChI=1S/C16H30F2N2O2.H2/c1-4-22-11-5-8-16(17,18)12-20-9-6-14(7-10-20)19-15(21)13(2)3;/h13-14H,4-12H2,1-3H3,(H,19,21);1H. The molecule has 0 aromatic rings. The van der Waals surface area contributed by atoms with Gasteiger partial charge in [0.15, 0.2) is 0 Å². The number of nitrogens with zero attached hydrogens (tertiary/aromatic N) is 1. The van der Waals surface area contributed by atoms with Gasteiger partial charge in [0.05, 0.1) is 6.54 Å². The summed E-state index contributed by atoms with van der Waals surface area (Å²) in [6, 6.07) is 0.123. The number of hydrogen-bond acceptors (Lipinski definition) is 3. The first-order valence-corrected chi connectivity index (χ1v) is 8.32. The molecule has 0 radical (unpaired) electrons. The maximum atomic E-state index is 13.9. The third-order valence-electron chi connectivity index (χ3n) is 3.95. The number of hydrogen-bond donors (Lipinski definition) is 1. The molecule has 0 bridgehead atoms. The lowest BCUT2D eigenvalue weighted by atomic mass is 10.0. The summed E-state index contributed by atoms with van der Waals surface area (Å²) in [5.74, 6) is -2.65. The molecule has 1 fully saturated rings.